The zero-order chi connectivity index (χ0) is 21.4. The molecule has 2 aromatic carbocycles. The fraction of sp³-hybridized carbons (Fsp3) is 0.308. The average molecular weight is 431 g/mol. The molecule has 0 radical (unpaired) electrons. The van der Waals surface area contributed by atoms with Crippen molar-refractivity contribution in [1.82, 2.24) is 9.13 Å². The topological polar surface area (TPSA) is 44.0 Å². The molecule has 0 spiro atoms. The van der Waals surface area contributed by atoms with Crippen molar-refractivity contribution in [1.29, 1.82) is 0 Å². The number of benzene rings is 2. The highest BCUT2D eigenvalue weighted by molar-refractivity contribution is 7.18. The molecular formula is C26H26N2O2S. The van der Waals surface area contributed by atoms with E-state index < -0.39 is 0 Å². The summed E-state index contributed by atoms with van der Waals surface area (Å²) in [6, 6.07) is 19.7. The van der Waals surface area contributed by atoms with Gasteiger partial charge in [0.05, 0.1) is 11.4 Å². The molecular weight excluding hydrogens is 404 g/mol. The second kappa shape index (κ2) is 8.31. The number of fused-ring (bicyclic) bond motifs is 3. The third kappa shape index (κ3) is 3.57. The first-order chi connectivity index (χ1) is 15.1. The zero-order valence-corrected chi connectivity index (χ0v) is 18.5. The lowest BCUT2D eigenvalue weighted by Gasteiger charge is -2.18. The fourth-order valence-corrected chi connectivity index (χ4v) is 6.09. The molecule has 0 fully saturated rings. The van der Waals surface area contributed by atoms with E-state index >= 15 is 0 Å². The van der Waals surface area contributed by atoms with Crippen LogP contribution in [0.4, 0.5) is 0 Å². The normalized spacial score (nSPS) is 14.5. The third-order valence-corrected chi connectivity index (χ3v) is 7.72. The predicted molar refractivity (Wildman–Crippen MR) is 127 cm³/mol. The molecule has 1 unspecified atom stereocenters. The van der Waals surface area contributed by atoms with Gasteiger partial charge >= 0.3 is 5.69 Å². The van der Waals surface area contributed by atoms with Crippen molar-refractivity contribution in [2.75, 3.05) is 0 Å². The van der Waals surface area contributed by atoms with Crippen LogP contribution in [-0.2, 0) is 25.8 Å². The molecule has 0 N–H and O–H groups in total. The Hall–Kier alpha value is -2.92. The van der Waals surface area contributed by atoms with Gasteiger partial charge in [0.2, 0.25) is 0 Å². The van der Waals surface area contributed by atoms with Gasteiger partial charge in [0.1, 0.15) is 4.83 Å². The average Bonchev–Trinajstić information content (AvgIpc) is 3.20. The van der Waals surface area contributed by atoms with E-state index in [-0.39, 0.29) is 17.3 Å². The Morgan fingerprint density at radius 3 is 2.35 bits per heavy atom. The van der Waals surface area contributed by atoms with Gasteiger partial charge < -0.3 is 0 Å². The van der Waals surface area contributed by atoms with E-state index in [1.807, 2.05) is 60.0 Å². The number of aryl methyl sites for hydroxylation is 4. The van der Waals surface area contributed by atoms with Crippen molar-refractivity contribution >= 4 is 21.6 Å². The van der Waals surface area contributed by atoms with Crippen molar-refractivity contribution in [2.24, 2.45) is 0 Å². The van der Waals surface area contributed by atoms with Gasteiger partial charge in [-0.15, -0.1) is 11.3 Å². The van der Waals surface area contributed by atoms with Crippen molar-refractivity contribution in [2.45, 2.75) is 51.6 Å². The van der Waals surface area contributed by atoms with Crippen LogP contribution in [0.3, 0.4) is 0 Å². The molecule has 0 saturated heterocycles. The molecule has 4 aromatic rings. The van der Waals surface area contributed by atoms with Crippen molar-refractivity contribution in [3.63, 3.8) is 0 Å². The van der Waals surface area contributed by atoms with Crippen LogP contribution < -0.4 is 11.2 Å². The van der Waals surface area contributed by atoms with Gasteiger partial charge in [0, 0.05) is 11.4 Å². The van der Waals surface area contributed by atoms with E-state index in [4.69, 9.17) is 0 Å². The fourth-order valence-electron chi connectivity index (χ4n) is 4.69. The van der Waals surface area contributed by atoms with E-state index in [1.54, 1.807) is 11.3 Å². The molecule has 31 heavy (non-hydrogen) atoms. The molecule has 0 bridgehead atoms. The van der Waals surface area contributed by atoms with Crippen LogP contribution in [-0.4, -0.2) is 9.13 Å². The van der Waals surface area contributed by atoms with E-state index in [9.17, 15) is 9.59 Å². The molecule has 4 nitrogen and oxygen atoms in total. The molecule has 0 saturated carbocycles. The predicted octanol–water partition coefficient (Wildman–Crippen LogP) is 4.96. The highest BCUT2D eigenvalue weighted by atomic mass is 32.1. The number of aromatic nitrogens is 2. The molecule has 5 heteroatoms. The first kappa shape index (κ1) is 20.0. The Morgan fingerprint density at radius 1 is 0.935 bits per heavy atom. The summed E-state index contributed by atoms with van der Waals surface area (Å²) in [5, 5.41) is 0.773. The van der Waals surface area contributed by atoms with E-state index in [0.29, 0.717) is 6.54 Å². The largest absolute Gasteiger partial charge is 0.332 e. The molecule has 2 heterocycles. The minimum absolute atomic E-state index is 0.133. The lowest BCUT2D eigenvalue weighted by Crippen LogP contribution is -2.42. The summed E-state index contributed by atoms with van der Waals surface area (Å²) in [6.45, 7) is 2.52. The van der Waals surface area contributed by atoms with Crippen LogP contribution in [0, 0.1) is 0 Å². The maximum atomic E-state index is 13.7. The number of hydrogen-bond donors (Lipinski definition) is 0. The maximum Gasteiger partial charge on any atom is 0.332 e. The first-order valence-electron chi connectivity index (χ1n) is 11.0. The minimum atomic E-state index is -0.312. The third-order valence-electron chi connectivity index (χ3n) is 6.40. The summed E-state index contributed by atoms with van der Waals surface area (Å²) in [5.74, 6) is 0. The molecule has 0 amide bonds. The van der Waals surface area contributed by atoms with Crippen LogP contribution in [0.1, 0.15) is 47.4 Å². The highest BCUT2D eigenvalue weighted by Gasteiger charge is 2.25. The van der Waals surface area contributed by atoms with Crippen molar-refractivity contribution in [3.8, 4) is 0 Å². The van der Waals surface area contributed by atoms with E-state index in [2.05, 4.69) is 12.1 Å². The van der Waals surface area contributed by atoms with Crippen LogP contribution >= 0.6 is 11.3 Å². The van der Waals surface area contributed by atoms with Crippen LogP contribution in [0.25, 0.3) is 10.2 Å². The summed E-state index contributed by atoms with van der Waals surface area (Å²) in [5.41, 5.74) is 3.01. The van der Waals surface area contributed by atoms with Crippen LogP contribution in [0.15, 0.2) is 70.3 Å². The Bertz CT molecular complexity index is 1330. The second-order valence-corrected chi connectivity index (χ2v) is 9.41. The van der Waals surface area contributed by atoms with Crippen molar-refractivity contribution in [3.05, 3.63) is 103 Å². The lowest BCUT2D eigenvalue weighted by molar-refractivity contribution is 0.537. The van der Waals surface area contributed by atoms with Gasteiger partial charge in [0.25, 0.3) is 5.56 Å². The lowest BCUT2D eigenvalue weighted by atomic mass is 9.97. The van der Waals surface area contributed by atoms with Crippen molar-refractivity contribution < 1.29 is 0 Å². The van der Waals surface area contributed by atoms with Gasteiger partial charge in [0.15, 0.2) is 0 Å². The number of thiophene rings is 1. The Balaban J connectivity index is 1.71. The Morgan fingerprint density at radius 2 is 1.61 bits per heavy atom. The van der Waals surface area contributed by atoms with Gasteiger partial charge in [-0.25, -0.2) is 4.79 Å². The second-order valence-electron chi connectivity index (χ2n) is 8.32. The summed E-state index contributed by atoms with van der Waals surface area (Å²) in [7, 11) is 0. The minimum Gasteiger partial charge on any atom is -0.284 e. The van der Waals surface area contributed by atoms with Crippen LogP contribution in [0.5, 0.6) is 0 Å². The van der Waals surface area contributed by atoms with Gasteiger partial charge in [-0.1, -0.05) is 60.7 Å². The summed E-state index contributed by atoms with van der Waals surface area (Å²) < 4.78 is 3.33. The van der Waals surface area contributed by atoms with Gasteiger partial charge in [-0.05, 0) is 55.7 Å². The summed E-state index contributed by atoms with van der Waals surface area (Å²) in [6.07, 6.45) is 4.96. The van der Waals surface area contributed by atoms with Gasteiger partial charge in [-0.2, -0.15) is 0 Å². The standard InChI is InChI=1S/C26H26N2O2S/c1-18(20-12-6-3-7-13-20)28-24(29)23-21-14-8-9-15-22(21)31-25(23)27(26(28)30)17-16-19-10-4-2-5-11-19/h2-7,10-13,18H,8-9,14-17H2,1H3. The molecule has 158 valence electrons. The molecule has 2 aromatic heterocycles. The molecule has 1 aliphatic carbocycles. The van der Waals surface area contributed by atoms with Crippen LogP contribution in [0.2, 0.25) is 0 Å². The SMILES string of the molecule is CC(c1ccccc1)n1c(=O)c2c3c(sc2n(CCc2ccccc2)c1=O)CCCC3. The summed E-state index contributed by atoms with van der Waals surface area (Å²) in [4.78, 5) is 29.5. The Labute approximate surface area is 185 Å². The first-order valence-corrected chi connectivity index (χ1v) is 11.8. The Kier molecular flexibility index (Phi) is 5.36. The number of rotatable bonds is 5. The molecule has 1 aliphatic rings. The molecule has 0 aliphatic heterocycles. The van der Waals surface area contributed by atoms with E-state index in [0.717, 1.165) is 47.9 Å². The number of nitrogens with zero attached hydrogens (tertiary/aromatic N) is 2. The zero-order valence-electron chi connectivity index (χ0n) is 17.7. The highest BCUT2D eigenvalue weighted by Crippen LogP contribution is 2.34. The molecule has 5 rings (SSSR count). The monoisotopic (exact) mass is 430 g/mol. The summed E-state index contributed by atoms with van der Waals surface area (Å²) >= 11 is 1.66. The smallest absolute Gasteiger partial charge is 0.284 e. The maximum absolute atomic E-state index is 13.7. The number of hydrogen-bond acceptors (Lipinski definition) is 3. The molecule has 1 atom stereocenters. The van der Waals surface area contributed by atoms with Gasteiger partial charge in [-0.3, -0.25) is 13.9 Å². The van der Waals surface area contributed by atoms with E-state index in [1.165, 1.54) is 20.6 Å². The quantitative estimate of drug-likeness (QED) is 0.449.